The van der Waals surface area contributed by atoms with E-state index in [1.165, 1.54) is 57.8 Å². The Bertz CT molecular complexity index is 208. The molecule has 0 radical (unpaired) electrons. The minimum absolute atomic E-state index is 0.0476. The Balaban J connectivity index is 3.06. The summed E-state index contributed by atoms with van der Waals surface area (Å²) in [6.45, 7) is 5.80. The standard InChI is InChI=1S/C18H34O/c1-3-5-6-7-8-9-10-11-12-13-14-15-17-18(19)16-4-2/h3,5-6,18-19H,1,4,7-17H2,2H3/b6-5-. The number of hydrogen-bond donors (Lipinski definition) is 1. The molecule has 0 aliphatic carbocycles. The summed E-state index contributed by atoms with van der Waals surface area (Å²) in [5, 5.41) is 9.60. The molecule has 0 rings (SSSR count). The lowest BCUT2D eigenvalue weighted by Crippen LogP contribution is -2.04. The molecule has 0 amide bonds. The van der Waals surface area contributed by atoms with Gasteiger partial charge in [-0.3, -0.25) is 0 Å². The molecule has 0 aliphatic heterocycles. The van der Waals surface area contributed by atoms with Crippen molar-refractivity contribution in [1.29, 1.82) is 0 Å². The van der Waals surface area contributed by atoms with Gasteiger partial charge in [-0.25, -0.2) is 0 Å². The first-order valence-corrected chi connectivity index (χ1v) is 8.26. The fraction of sp³-hybridized carbons (Fsp3) is 0.778. The highest BCUT2D eigenvalue weighted by Gasteiger charge is 2.01. The summed E-state index contributed by atoms with van der Waals surface area (Å²) >= 11 is 0. The highest BCUT2D eigenvalue weighted by Crippen LogP contribution is 2.12. The second-order valence-corrected chi connectivity index (χ2v) is 5.51. The summed E-state index contributed by atoms with van der Waals surface area (Å²) < 4.78 is 0. The van der Waals surface area contributed by atoms with Crippen molar-refractivity contribution in [3.63, 3.8) is 0 Å². The van der Waals surface area contributed by atoms with Gasteiger partial charge in [-0.2, -0.15) is 0 Å². The van der Waals surface area contributed by atoms with Gasteiger partial charge in [0.25, 0.3) is 0 Å². The number of rotatable bonds is 14. The van der Waals surface area contributed by atoms with E-state index in [4.69, 9.17) is 0 Å². The van der Waals surface area contributed by atoms with Gasteiger partial charge in [0.15, 0.2) is 0 Å². The molecule has 0 aromatic rings. The third-order valence-electron chi connectivity index (χ3n) is 3.55. The van der Waals surface area contributed by atoms with Gasteiger partial charge in [0.05, 0.1) is 6.10 Å². The zero-order valence-corrected chi connectivity index (χ0v) is 12.9. The smallest absolute Gasteiger partial charge is 0.0540 e. The molecule has 19 heavy (non-hydrogen) atoms. The van der Waals surface area contributed by atoms with Crippen molar-refractivity contribution >= 4 is 0 Å². The summed E-state index contributed by atoms with van der Waals surface area (Å²) in [5.74, 6) is 0. The number of hydrogen-bond acceptors (Lipinski definition) is 1. The van der Waals surface area contributed by atoms with Crippen molar-refractivity contribution in [2.24, 2.45) is 0 Å². The molecule has 1 nitrogen and oxygen atoms in total. The zero-order valence-electron chi connectivity index (χ0n) is 12.9. The van der Waals surface area contributed by atoms with Crippen LogP contribution in [0, 0.1) is 0 Å². The minimum Gasteiger partial charge on any atom is -0.393 e. The Morgan fingerprint density at radius 1 is 0.895 bits per heavy atom. The molecule has 1 N–H and O–H groups in total. The van der Waals surface area contributed by atoms with Crippen molar-refractivity contribution in [3.8, 4) is 0 Å². The normalized spacial score (nSPS) is 12.9. The Labute approximate surface area is 120 Å². The second-order valence-electron chi connectivity index (χ2n) is 5.51. The van der Waals surface area contributed by atoms with Crippen LogP contribution in [0.25, 0.3) is 0 Å². The van der Waals surface area contributed by atoms with Crippen molar-refractivity contribution in [3.05, 3.63) is 24.8 Å². The largest absolute Gasteiger partial charge is 0.393 e. The van der Waals surface area contributed by atoms with Crippen LogP contribution in [0.5, 0.6) is 0 Å². The van der Waals surface area contributed by atoms with Crippen LogP contribution in [-0.4, -0.2) is 11.2 Å². The molecule has 0 aliphatic rings. The molecule has 0 aromatic carbocycles. The molecule has 0 heterocycles. The molecule has 1 heteroatoms. The second kappa shape index (κ2) is 15.5. The fourth-order valence-corrected chi connectivity index (χ4v) is 2.37. The number of allylic oxidation sites excluding steroid dienone is 3. The summed E-state index contributed by atoms with van der Waals surface area (Å²) in [6.07, 6.45) is 20.9. The van der Waals surface area contributed by atoms with Crippen LogP contribution in [0.2, 0.25) is 0 Å². The van der Waals surface area contributed by atoms with Crippen LogP contribution in [0.1, 0.15) is 84.0 Å². The van der Waals surface area contributed by atoms with Crippen LogP contribution >= 0.6 is 0 Å². The van der Waals surface area contributed by atoms with Crippen LogP contribution in [0.4, 0.5) is 0 Å². The maximum absolute atomic E-state index is 9.60. The number of unbranched alkanes of at least 4 members (excludes halogenated alkanes) is 8. The Morgan fingerprint density at radius 2 is 1.47 bits per heavy atom. The minimum atomic E-state index is -0.0476. The highest BCUT2D eigenvalue weighted by molar-refractivity contribution is 4.96. The molecule has 0 saturated carbocycles. The molecule has 0 bridgehead atoms. The van der Waals surface area contributed by atoms with E-state index in [-0.39, 0.29) is 6.10 Å². The molecule has 0 spiro atoms. The first kappa shape index (κ1) is 18.4. The van der Waals surface area contributed by atoms with E-state index in [0.717, 1.165) is 19.3 Å². The van der Waals surface area contributed by atoms with Gasteiger partial charge in [-0.05, 0) is 25.7 Å². The topological polar surface area (TPSA) is 20.2 Å². The summed E-state index contributed by atoms with van der Waals surface area (Å²) in [5.41, 5.74) is 0. The van der Waals surface area contributed by atoms with Crippen molar-refractivity contribution in [1.82, 2.24) is 0 Å². The van der Waals surface area contributed by atoms with Gasteiger partial charge in [0, 0.05) is 0 Å². The SMILES string of the molecule is C=C/C=C\CCCCCCCCCCC(O)CCC. The van der Waals surface area contributed by atoms with Gasteiger partial charge in [0.2, 0.25) is 0 Å². The maximum Gasteiger partial charge on any atom is 0.0540 e. The van der Waals surface area contributed by atoms with Gasteiger partial charge >= 0.3 is 0 Å². The van der Waals surface area contributed by atoms with E-state index in [0.29, 0.717) is 0 Å². The van der Waals surface area contributed by atoms with Crippen LogP contribution in [0.15, 0.2) is 24.8 Å². The van der Waals surface area contributed by atoms with Gasteiger partial charge in [-0.15, -0.1) is 0 Å². The van der Waals surface area contributed by atoms with Crippen LogP contribution in [-0.2, 0) is 0 Å². The molecule has 112 valence electrons. The Hall–Kier alpha value is -0.560. The summed E-state index contributed by atoms with van der Waals surface area (Å²) in [7, 11) is 0. The van der Waals surface area contributed by atoms with E-state index in [1.54, 1.807) is 0 Å². The number of aliphatic hydroxyl groups is 1. The lowest BCUT2D eigenvalue weighted by Gasteiger charge is -2.08. The van der Waals surface area contributed by atoms with Crippen LogP contribution < -0.4 is 0 Å². The van der Waals surface area contributed by atoms with Gasteiger partial charge in [0.1, 0.15) is 0 Å². The third kappa shape index (κ3) is 15.4. The highest BCUT2D eigenvalue weighted by atomic mass is 16.3. The van der Waals surface area contributed by atoms with Crippen molar-refractivity contribution < 1.29 is 5.11 Å². The predicted molar refractivity (Wildman–Crippen MR) is 86.4 cm³/mol. The maximum atomic E-state index is 9.60. The summed E-state index contributed by atoms with van der Waals surface area (Å²) in [4.78, 5) is 0. The van der Waals surface area contributed by atoms with Gasteiger partial charge < -0.3 is 5.11 Å². The number of aliphatic hydroxyl groups excluding tert-OH is 1. The lowest BCUT2D eigenvalue weighted by atomic mass is 10.0. The Kier molecular flexibility index (Phi) is 15.0. The summed E-state index contributed by atoms with van der Waals surface area (Å²) in [6, 6.07) is 0. The predicted octanol–water partition coefficient (Wildman–Crippen LogP) is 5.79. The molecule has 0 aromatic heterocycles. The van der Waals surface area contributed by atoms with E-state index in [1.807, 2.05) is 12.2 Å². The third-order valence-corrected chi connectivity index (χ3v) is 3.55. The Morgan fingerprint density at radius 3 is 2.05 bits per heavy atom. The first-order chi connectivity index (χ1) is 9.31. The molecule has 0 fully saturated rings. The molecular weight excluding hydrogens is 232 g/mol. The van der Waals surface area contributed by atoms with Gasteiger partial charge in [-0.1, -0.05) is 83.1 Å². The average molecular weight is 266 g/mol. The first-order valence-electron chi connectivity index (χ1n) is 8.26. The lowest BCUT2D eigenvalue weighted by molar-refractivity contribution is 0.150. The fourth-order valence-electron chi connectivity index (χ4n) is 2.37. The van der Waals surface area contributed by atoms with Crippen molar-refractivity contribution in [2.75, 3.05) is 0 Å². The van der Waals surface area contributed by atoms with E-state index in [2.05, 4.69) is 19.6 Å². The quantitative estimate of drug-likeness (QED) is 0.311. The van der Waals surface area contributed by atoms with Crippen molar-refractivity contribution in [2.45, 2.75) is 90.1 Å². The average Bonchev–Trinajstić information content (AvgIpc) is 2.40. The molecule has 1 atom stereocenters. The van der Waals surface area contributed by atoms with Crippen LogP contribution in [0.3, 0.4) is 0 Å². The van der Waals surface area contributed by atoms with E-state index in [9.17, 15) is 5.11 Å². The molecule has 1 unspecified atom stereocenters. The van der Waals surface area contributed by atoms with E-state index >= 15 is 0 Å². The zero-order chi connectivity index (χ0) is 14.2. The monoisotopic (exact) mass is 266 g/mol. The molecule has 0 saturated heterocycles. The molecular formula is C18H34O. The van der Waals surface area contributed by atoms with E-state index < -0.39 is 0 Å².